The van der Waals surface area contributed by atoms with Crippen LogP contribution in [0.1, 0.15) is 51.5 Å². The Bertz CT molecular complexity index is 480. The zero-order chi connectivity index (χ0) is 15.3. The molecule has 1 amide bonds. The molecule has 0 saturated heterocycles. The topological polar surface area (TPSA) is 97.1 Å². The Hall–Kier alpha value is -1.92. The molecule has 116 valence electrons. The zero-order valence-electron chi connectivity index (χ0n) is 12.3. The van der Waals surface area contributed by atoms with E-state index >= 15 is 0 Å². The molecule has 1 saturated carbocycles. The lowest BCUT2D eigenvalue weighted by Crippen LogP contribution is -2.42. The van der Waals surface area contributed by atoms with Crippen molar-refractivity contribution < 1.29 is 14.7 Å². The fourth-order valence-corrected chi connectivity index (χ4v) is 3.00. The Morgan fingerprint density at radius 2 is 2.10 bits per heavy atom. The number of hydrogen-bond acceptors (Lipinski definition) is 4. The monoisotopic (exact) mass is 294 g/mol. The first-order valence-electron chi connectivity index (χ1n) is 7.36. The Labute approximate surface area is 123 Å². The summed E-state index contributed by atoms with van der Waals surface area (Å²) in [5, 5.41) is 16.0. The molecule has 1 fully saturated rings. The third-order valence-electron chi connectivity index (χ3n) is 4.29. The molecule has 1 aromatic heterocycles. The average molecular weight is 294 g/mol. The van der Waals surface area contributed by atoms with Crippen LogP contribution in [0, 0.1) is 5.41 Å². The number of nitrogens with one attached hydrogen (secondary N) is 1. The molecule has 1 heterocycles. The number of nitrogens with zero attached hydrogens (tertiary/aromatic N) is 3. The summed E-state index contributed by atoms with van der Waals surface area (Å²) >= 11 is 0. The summed E-state index contributed by atoms with van der Waals surface area (Å²) in [7, 11) is 0. The number of carbonyl (C=O) groups excluding carboxylic acids is 1. The van der Waals surface area contributed by atoms with E-state index < -0.39 is 12.0 Å². The van der Waals surface area contributed by atoms with Crippen LogP contribution in [-0.2, 0) is 9.59 Å². The van der Waals surface area contributed by atoms with E-state index in [1.54, 1.807) is 6.92 Å². The van der Waals surface area contributed by atoms with Gasteiger partial charge in [-0.25, -0.2) is 9.67 Å². The van der Waals surface area contributed by atoms with Crippen molar-refractivity contribution in [2.45, 2.75) is 51.5 Å². The van der Waals surface area contributed by atoms with Gasteiger partial charge in [-0.1, -0.05) is 19.3 Å². The maximum atomic E-state index is 12.2. The number of carboxylic acids is 1. The molecule has 7 nitrogen and oxygen atoms in total. The van der Waals surface area contributed by atoms with Gasteiger partial charge in [0.25, 0.3) is 0 Å². The molecule has 0 bridgehead atoms. The van der Waals surface area contributed by atoms with E-state index in [9.17, 15) is 9.59 Å². The van der Waals surface area contributed by atoms with Crippen molar-refractivity contribution in [3.05, 3.63) is 12.7 Å². The van der Waals surface area contributed by atoms with E-state index in [2.05, 4.69) is 15.4 Å². The van der Waals surface area contributed by atoms with Crippen molar-refractivity contribution in [3.8, 4) is 0 Å². The van der Waals surface area contributed by atoms with E-state index in [4.69, 9.17) is 5.11 Å². The lowest BCUT2D eigenvalue weighted by molar-refractivity contribution is -0.141. The van der Waals surface area contributed by atoms with Crippen LogP contribution in [0.25, 0.3) is 0 Å². The molecular formula is C14H22N4O3. The number of rotatable bonds is 6. The van der Waals surface area contributed by atoms with Gasteiger partial charge in [0.2, 0.25) is 5.91 Å². The SMILES string of the molecule is CC(C(=O)NCC1(CC(=O)O)CCCCC1)n1cncn1. The Kier molecular flexibility index (Phi) is 4.93. The Balaban J connectivity index is 1.94. The second kappa shape index (κ2) is 6.69. The molecule has 1 aliphatic carbocycles. The Morgan fingerprint density at radius 1 is 1.38 bits per heavy atom. The van der Waals surface area contributed by atoms with Gasteiger partial charge in [0.15, 0.2) is 0 Å². The average Bonchev–Trinajstić information content (AvgIpc) is 2.98. The fraction of sp³-hybridized carbons (Fsp3) is 0.714. The number of carboxylic acid groups (broad SMARTS) is 1. The molecule has 0 aromatic carbocycles. The molecular weight excluding hydrogens is 272 g/mol. The number of amides is 1. The van der Waals surface area contributed by atoms with E-state index in [0.29, 0.717) is 6.54 Å². The van der Waals surface area contributed by atoms with Crippen LogP contribution in [0.3, 0.4) is 0 Å². The van der Waals surface area contributed by atoms with Gasteiger partial charge in [-0.3, -0.25) is 9.59 Å². The summed E-state index contributed by atoms with van der Waals surface area (Å²) in [5.74, 6) is -0.952. The summed E-state index contributed by atoms with van der Waals surface area (Å²) in [6.07, 6.45) is 7.92. The minimum Gasteiger partial charge on any atom is -0.481 e. The highest BCUT2D eigenvalue weighted by molar-refractivity contribution is 5.79. The van der Waals surface area contributed by atoms with Gasteiger partial charge in [0.05, 0.1) is 6.42 Å². The predicted molar refractivity (Wildman–Crippen MR) is 75.5 cm³/mol. The van der Waals surface area contributed by atoms with E-state index in [1.807, 2.05) is 0 Å². The first-order chi connectivity index (χ1) is 10.0. The minimum atomic E-state index is -0.796. The summed E-state index contributed by atoms with van der Waals surface area (Å²) in [5.41, 5.74) is -0.304. The summed E-state index contributed by atoms with van der Waals surface area (Å²) in [6.45, 7) is 2.16. The van der Waals surface area contributed by atoms with Gasteiger partial charge in [-0.2, -0.15) is 5.10 Å². The van der Waals surface area contributed by atoms with Gasteiger partial charge >= 0.3 is 5.97 Å². The molecule has 21 heavy (non-hydrogen) atoms. The molecule has 0 aliphatic heterocycles. The summed E-state index contributed by atoms with van der Waals surface area (Å²) in [6, 6.07) is -0.446. The number of aromatic nitrogens is 3. The normalized spacial score (nSPS) is 18.9. The van der Waals surface area contributed by atoms with Crippen LogP contribution in [0.15, 0.2) is 12.7 Å². The second-order valence-corrected chi connectivity index (χ2v) is 5.90. The van der Waals surface area contributed by atoms with Crippen LogP contribution >= 0.6 is 0 Å². The quantitative estimate of drug-likeness (QED) is 0.826. The largest absolute Gasteiger partial charge is 0.481 e. The van der Waals surface area contributed by atoms with Gasteiger partial charge in [-0.15, -0.1) is 0 Å². The standard InChI is InChI=1S/C14H22N4O3/c1-11(18-10-15-9-17-18)13(21)16-8-14(7-12(19)20)5-3-2-4-6-14/h9-11H,2-8H2,1H3,(H,16,21)(H,19,20). The maximum absolute atomic E-state index is 12.2. The molecule has 0 spiro atoms. The highest BCUT2D eigenvalue weighted by Crippen LogP contribution is 2.38. The molecule has 1 aromatic rings. The van der Waals surface area contributed by atoms with Gasteiger partial charge in [0.1, 0.15) is 18.7 Å². The third kappa shape index (κ3) is 4.03. The predicted octanol–water partition coefficient (Wildman–Crippen LogP) is 1.38. The van der Waals surface area contributed by atoms with Crippen LogP contribution in [0.2, 0.25) is 0 Å². The fourth-order valence-electron chi connectivity index (χ4n) is 3.00. The minimum absolute atomic E-state index is 0.116. The van der Waals surface area contributed by atoms with Crippen molar-refractivity contribution in [1.29, 1.82) is 0 Å². The molecule has 1 aliphatic rings. The molecule has 1 atom stereocenters. The van der Waals surface area contributed by atoms with Crippen LogP contribution < -0.4 is 5.32 Å². The molecule has 2 rings (SSSR count). The number of hydrogen-bond donors (Lipinski definition) is 2. The first-order valence-corrected chi connectivity index (χ1v) is 7.36. The van der Waals surface area contributed by atoms with Crippen molar-refractivity contribution in [2.75, 3.05) is 6.54 Å². The highest BCUT2D eigenvalue weighted by atomic mass is 16.4. The van der Waals surface area contributed by atoms with Crippen LogP contribution in [-0.4, -0.2) is 38.3 Å². The summed E-state index contributed by atoms with van der Waals surface area (Å²) in [4.78, 5) is 27.1. The van der Waals surface area contributed by atoms with Crippen LogP contribution in [0.5, 0.6) is 0 Å². The van der Waals surface area contributed by atoms with Gasteiger partial charge in [-0.05, 0) is 25.2 Å². The molecule has 7 heteroatoms. The molecule has 0 radical (unpaired) electrons. The van der Waals surface area contributed by atoms with E-state index in [0.717, 1.165) is 32.1 Å². The zero-order valence-corrected chi connectivity index (χ0v) is 12.3. The second-order valence-electron chi connectivity index (χ2n) is 5.90. The van der Waals surface area contributed by atoms with Crippen molar-refractivity contribution in [2.24, 2.45) is 5.41 Å². The summed E-state index contributed by atoms with van der Waals surface area (Å²) < 4.78 is 1.49. The first kappa shape index (κ1) is 15.5. The van der Waals surface area contributed by atoms with Gasteiger partial charge < -0.3 is 10.4 Å². The third-order valence-corrected chi connectivity index (χ3v) is 4.29. The maximum Gasteiger partial charge on any atom is 0.303 e. The number of aliphatic carboxylic acids is 1. The van der Waals surface area contributed by atoms with Crippen molar-refractivity contribution in [3.63, 3.8) is 0 Å². The lowest BCUT2D eigenvalue weighted by Gasteiger charge is -2.36. The molecule has 1 unspecified atom stereocenters. The molecule has 2 N–H and O–H groups in total. The van der Waals surface area contributed by atoms with Crippen molar-refractivity contribution in [1.82, 2.24) is 20.1 Å². The Morgan fingerprint density at radius 3 is 2.67 bits per heavy atom. The van der Waals surface area contributed by atoms with Crippen LogP contribution in [0.4, 0.5) is 0 Å². The smallest absolute Gasteiger partial charge is 0.303 e. The number of carbonyl (C=O) groups is 2. The van der Waals surface area contributed by atoms with Crippen molar-refractivity contribution >= 4 is 11.9 Å². The van der Waals surface area contributed by atoms with E-state index in [1.165, 1.54) is 17.3 Å². The van der Waals surface area contributed by atoms with Gasteiger partial charge in [0, 0.05) is 6.54 Å². The lowest BCUT2D eigenvalue weighted by atomic mass is 9.71. The van der Waals surface area contributed by atoms with E-state index in [-0.39, 0.29) is 17.7 Å². The highest BCUT2D eigenvalue weighted by Gasteiger charge is 2.35.